The number of hydrogen-bond donors (Lipinski definition) is 0. The van der Waals surface area contributed by atoms with Crippen LogP contribution < -0.4 is 4.74 Å². The van der Waals surface area contributed by atoms with Gasteiger partial charge in [0.2, 0.25) is 0 Å². The molecule has 18 heavy (non-hydrogen) atoms. The van der Waals surface area contributed by atoms with Gasteiger partial charge < -0.3 is 9.64 Å². The minimum atomic E-state index is -0.574. The van der Waals surface area contributed by atoms with Crippen LogP contribution in [0.1, 0.15) is 23.7 Å². The molecule has 0 atom stereocenters. The summed E-state index contributed by atoms with van der Waals surface area (Å²) in [6.07, 6.45) is 0.806. The summed E-state index contributed by atoms with van der Waals surface area (Å²) in [6.45, 7) is 2.94. The molecule has 0 aliphatic carbocycles. The Bertz CT molecular complexity index is 406. The van der Waals surface area contributed by atoms with Crippen molar-refractivity contribution in [3.8, 4) is 5.75 Å². The molecule has 0 fully saturated rings. The van der Waals surface area contributed by atoms with Crippen LogP contribution in [0.2, 0.25) is 0 Å². The highest BCUT2D eigenvalue weighted by atomic mass is 35.5. The van der Waals surface area contributed by atoms with Crippen LogP contribution in [0.15, 0.2) is 18.2 Å². The van der Waals surface area contributed by atoms with E-state index in [4.69, 9.17) is 16.3 Å². The number of hydrogen-bond acceptors (Lipinski definition) is 2. The minimum absolute atomic E-state index is 0.0503. The SMILES string of the molecule is CCCN(CCCl)C(=O)c1ccc(OC)cc1F. The summed E-state index contributed by atoms with van der Waals surface area (Å²) in [5.41, 5.74) is 0.0503. The number of carbonyl (C=O) groups excluding carboxylic acids is 1. The number of alkyl halides is 1. The number of amides is 1. The normalized spacial score (nSPS) is 10.2. The third-order valence-corrected chi connectivity index (χ3v) is 2.71. The van der Waals surface area contributed by atoms with Crippen LogP contribution in [0.3, 0.4) is 0 Å². The lowest BCUT2D eigenvalue weighted by Crippen LogP contribution is -2.34. The first kappa shape index (κ1) is 14.8. The number of carbonyl (C=O) groups is 1. The van der Waals surface area contributed by atoms with E-state index in [1.54, 1.807) is 11.0 Å². The molecule has 0 aliphatic rings. The van der Waals surface area contributed by atoms with E-state index < -0.39 is 5.82 Å². The number of ether oxygens (including phenoxy) is 1. The molecule has 1 aromatic rings. The largest absolute Gasteiger partial charge is 0.497 e. The van der Waals surface area contributed by atoms with Gasteiger partial charge in [-0.05, 0) is 18.6 Å². The van der Waals surface area contributed by atoms with Gasteiger partial charge >= 0.3 is 0 Å². The molecular weight excluding hydrogens is 257 g/mol. The highest BCUT2D eigenvalue weighted by molar-refractivity contribution is 6.18. The maximum absolute atomic E-state index is 13.8. The molecule has 0 spiro atoms. The number of benzene rings is 1. The van der Waals surface area contributed by atoms with Crippen molar-refractivity contribution >= 4 is 17.5 Å². The quantitative estimate of drug-likeness (QED) is 0.746. The van der Waals surface area contributed by atoms with Crippen LogP contribution in [0.4, 0.5) is 4.39 Å². The lowest BCUT2D eigenvalue weighted by atomic mass is 10.1. The Labute approximate surface area is 111 Å². The molecule has 0 bridgehead atoms. The highest BCUT2D eigenvalue weighted by Gasteiger charge is 2.18. The minimum Gasteiger partial charge on any atom is -0.497 e. The van der Waals surface area contributed by atoms with Gasteiger partial charge in [0, 0.05) is 25.0 Å². The van der Waals surface area contributed by atoms with E-state index >= 15 is 0 Å². The van der Waals surface area contributed by atoms with Crippen molar-refractivity contribution in [1.29, 1.82) is 0 Å². The number of nitrogens with zero attached hydrogens (tertiary/aromatic N) is 1. The van der Waals surface area contributed by atoms with E-state index in [9.17, 15) is 9.18 Å². The molecule has 0 heterocycles. The number of halogens is 2. The second kappa shape index (κ2) is 7.21. The monoisotopic (exact) mass is 273 g/mol. The highest BCUT2D eigenvalue weighted by Crippen LogP contribution is 2.18. The summed E-state index contributed by atoms with van der Waals surface area (Å²) in [4.78, 5) is 13.7. The fourth-order valence-electron chi connectivity index (χ4n) is 1.65. The fraction of sp³-hybridized carbons (Fsp3) is 0.462. The lowest BCUT2D eigenvalue weighted by Gasteiger charge is -2.21. The average molecular weight is 274 g/mol. The smallest absolute Gasteiger partial charge is 0.256 e. The standard InChI is InChI=1S/C13H17ClFNO2/c1-3-7-16(8-6-14)13(17)11-5-4-10(18-2)9-12(11)15/h4-5,9H,3,6-8H2,1-2H3. The predicted octanol–water partition coefficient (Wildman–Crippen LogP) is 2.93. The van der Waals surface area contributed by atoms with Gasteiger partial charge in [0.25, 0.3) is 5.91 Å². The molecule has 0 aromatic heterocycles. The van der Waals surface area contributed by atoms with E-state index in [1.165, 1.54) is 19.2 Å². The Morgan fingerprint density at radius 2 is 2.17 bits per heavy atom. The Kier molecular flexibility index (Phi) is 5.92. The van der Waals surface area contributed by atoms with Gasteiger partial charge in [-0.15, -0.1) is 11.6 Å². The Morgan fingerprint density at radius 1 is 1.44 bits per heavy atom. The van der Waals surface area contributed by atoms with Gasteiger partial charge in [-0.2, -0.15) is 0 Å². The lowest BCUT2D eigenvalue weighted by molar-refractivity contribution is 0.0761. The van der Waals surface area contributed by atoms with Crippen molar-refractivity contribution in [3.05, 3.63) is 29.6 Å². The fourth-order valence-corrected chi connectivity index (χ4v) is 1.86. The average Bonchev–Trinajstić information content (AvgIpc) is 2.37. The van der Waals surface area contributed by atoms with Crippen molar-refractivity contribution in [2.45, 2.75) is 13.3 Å². The molecule has 0 saturated heterocycles. The van der Waals surface area contributed by atoms with Crippen molar-refractivity contribution in [3.63, 3.8) is 0 Å². The van der Waals surface area contributed by atoms with Crippen LogP contribution in [0.25, 0.3) is 0 Å². The third-order valence-electron chi connectivity index (χ3n) is 2.54. The van der Waals surface area contributed by atoms with Gasteiger partial charge in [0.05, 0.1) is 12.7 Å². The van der Waals surface area contributed by atoms with E-state index in [0.29, 0.717) is 24.7 Å². The molecule has 0 saturated carbocycles. The first-order chi connectivity index (χ1) is 8.63. The van der Waals surface area contributed by atoms with Crippen molar-refractivity contribution in [2.75, 3.05) is 26.1 Å². The van der Waals surface area contributed by atoms with Crippen LogP contribution >= 0.6 is 11.6 Å². The zero-order valence-electron chi connectivity index (χ0n) is 10.6. The summed E-state index contributed by atoms with van der Waals surface area (Å²) in [5, 5.41) is 0. The molecule has 0 aliphatic heterocycles. The topological polar surface area (TPSA) is 29.5 Å². The van der Waals surface area contributed by atoms with E-state index in [-0.39, 0.29) is 11.5 Å². The molecular formula is C13H17ClFNO2. The van der Waals surface area contributed by atoms with Crippen molar-refractivity contribution in [1.82, 2.24) is 4.90 Å². The van der Waals surface area contributed by atoms with E-state index in [0.717, 1.165) is 6.42 Å². The molecule has 3 nitrogen and oxygen atoms in total. The molecule has 100 valence electrons. The maximum atomic E-state index is 13.8. The second-order valence-electron chi connectivity index (χ2n) is 3.83. The summed E-state index contributed by atoms with van der Waals surface area (Å²) in [6, 6.07) is 4.21. The Balaban J connectivity index is 2.93. The molecule has 0 N–H and O–H groups in total. The van der Waals surface area contributed by atoms with Crippen LogP contribution in [-0.4, -0.2) is 36.9 Å². The summed E-state index contributed by atoms with van der Waals surface area (Å²) in [7, 11) is 1.45. The molecule has 1 rings (SSSR count). The van der Waals surface area contributed by atoms with Gasteiger partial charge in [-0.3, -0.25) is 4.79 Å². The van der Waals surface area contributed by atoms with Gasteiger partial charge in [0.1, 0.15) is 11.6 Å². The molecule has 5 heteroatoms. The zero-order valence-corrected chi connectivity index (χ0v) is 11.3. The van der Waals surface area contributed by atoms with Gasteiger partial charge in [0.15, 0.2) is 0 Å². The van der Waals surface area contributed by atoms with E-state index in [1.807, 2.05) is 6.92 Å². The molecule has 0 unspecified atom stereocenters. The molecule has 0 radical (unpaired) electrons. The van der Waals surface area contributed by atoms with Crippen LogP contribution in [0.5, 0.6) is 5.75 Å². The third kappa shape index (κ3) is 3.60. The Hall–Kier alpha value is -1.29. The summed E-state index contributed by atoms with van der Waals surface area (Å²) in [5.74, 6) is -0.181. The molecule has 1 aromatic carbocycles. The zero-order chi connectivity index (χ0) is 13.5. The number of methoxy groups -OCH3 is 1. The first-order valence-electron chi connectivity index (χ1n) is 5.82. The number of rotatable bonds is 6. The second-order valence-corrected chi connectivity index (χ2v) is 4.20. The van der Waals surface area contributed by atoms with Crippen LogP contribution in [0, 0.1) is 5.82 Å². The Morgan fingerprint density at radius 3 is 2.67 bits per heavy atom. The van der Waals surface area contributed by atoms with Crippen molar-refractivity contribution in [2.24, 2.45) is 0 Å². The molecule has 1 amide bonds. The summed E-state index contributed by atoms with van der Waals surface area (Å²) < 4.78 is 18.7. The predicted molar refractivity (Wildman–Crippen MR) is 69.9 cm³/mol. The summed E-state index contributed by atoms with van der Waals surface area (Å²) >= 11 is 5.64. The van der Waals surface area contributed by atoms with Crippen LogP contribution in [-0.2, 0) is 0 Å². The van der Waals surface area contributed by atoms with E-state index in [2.05, 4.69) is 0 Å². The van der Waals surface area contributed by atoms with Crippen molar-refractivity contribution < 1.29 is 13.9 Å². The first-order valence-corrected chi connectivity index (χ1v) is 6.36. The maximum Gasteiger partial charge on any atom is 0.256 e. The van der Waals surface area contributed by atoms with Gasteiger partial charge in [-0.1, -0.05) is 6.92 Å². The van der Waals surface area contributed by atoms with Gasteiger partial charge in [-0.25, -0.2) is 4.39 Å².